The van der Waals surface area contributed by atoms with E-state index in [1.165, 1.54) is 0 Å². The Morgan fingerprint density at radius 3 is 1.96 bits per heavy atom. The molecule has 0 aromatic heterocycles. The Morgan fingerprint density at radius 1 is 0.800 bits per heavy atom. The third kappa shape index (κ3) is 4.62. The summed E-state index contributed by atoms with van der Waals surface area (Å²) in [6.07, 6.45) is 1.84. The smallest absolute Gasteiger partial charge is 0.0747 e. The number of nitrogens with zero attached hydrogens (tertiary/aromatic N) is 2. The van der Waals surface area contributed by atoms with Gasteiger partial charge in [0, 0.05) is 10.0 Å². The summed E-state index contributed by atoms with van der Waals surface area (Å²) in [6.45, 7) is 2.12. The minimum Gasteiger partial charge on any atom is -0.258 e. The predicted octanol–water partition coefficient (Wildman–Crippen LogP) is 6.60. The molecule has 0 aliphatic heterocycles. The molecular formula is C21H18Cl2N2. The highest BCUT2D eigenvalue weighted by Crippen LogP contribution is 2.28. The molecule has 0 spiro atoms. The van der Waals surface area contributed by atoms with Gasteiger partial charge in [0.15, 0.2) is 0 Å². The Hall–Kier alpha value is -2.29. The molecule has 0 radical (unpaired) electrons. The van der Waals surface area contributed by atoms with E-state index in [1.807, 2.05) is 90.1 Å². The molecule has 0 bridgehead atoms. The highest BCUT2D eigenvalue weighted by atomic mass is 35.5. The fraction of sp³-hybridized carbons (Fsp3) is 0.0952. The van der Waals surface area contributed by atoms with Crippen LogP contribution in [0.1, 0.15) is 24.1 Å². The predicted molar refractivity (Wildman–Crippen MR) is 108 cm³/mol. The molecule has 126 valence electrons. The molecule has 0 fully saturated rings. The van der Waals surface area contributed by atoms with Gasteiger partial charge in [0.2, 0.25) is 0 Å². The van der Waals surface area contributed by atoms with Gasteiger partial charge in [-0.25, -0.2) is 0 Å². The Bertz CT molecular complexity index is 828. The standard InChI is InChI=1S/C21H18Cl2N2/c1-16(18-9-13-20(23)14-10-18)25(21-5-3-2-4-6-21)24-15-17-7-11-19(22)12-8-17/h2-16H,1H3/b24-15+. The first-order valence-corrected chi connectivity index (χ1v) is 8.78. The van der Waals surface area contributed by atoms with Gasteiger partial charge in [0.1, 0.15) is 0 Å². The number of halogens is 2. The molecule has 1 atom stereocenters. The Morgan fingerprint density at radius 2 is 1.36 bits per heavy atom. The van der Waals surface area contributed by atoms with E-state index in [1.54, 1.807) is 0 Å². The van der Waals surface area contributed by atoms with Crippen molar-refractivity contribution < 1.29 is 0 Å². The number of hydrogen-bond donors (Lipinski definition) is 0. The molecule has 3 aromatic carbocycles. The molecule has 1 unspecified atom stereocenters. The zero-order chi connectivity index (χ0) is 17.6. The largest absolute Gasteiger partial charge is 0.258 e. The number of para-hydroxylation sites is 1. The zero-order valence-corrected chi connectivity index (χ0v) is 15.3. The van der Waals surface area contributed by atoms with E-state index in [4.69, 9.17) is 28.3 Å². The molecule has 0 aliphatic rings. The van der Waals surface area contributed by atoms with Crippen molar-refractivity contribution in [3.8, 4) is 0 Å². The summed E-state index contributed by atoms with van der Waals surface area (Å²) in [5.41, 5.74) is 3.16. The van der Waals surface area contributed by atoms with Crippen LogP contribution in [0.4, 0.5) is 5.69 Å². The van der Waals surface area contributed by atoms with Gasteiger partial charge in [0.05, 0.1) is 17.9 Å². The third-order valence-electron chi connectivity index (χ3n) is 3.94. The van der Waals surface area contributed by atoms with Crippen LogP contribution in [-0.4, -0.2) is 6.21 Å². The van der Waals surface area contributed by atoms with Crippen molar-refractivity contribution in [1.29, 1.82) is 0 Å². The lowest BCUT2D eigenvalue weighted by molar-refractivity contribution is 0.701. The van der Waals surface area contributed by atoms with Gasteiger partial charge >= 0.3 is 0 Å². The fourth-order valence-electron chi connectivity index (χ4n) is 2.53. The van der Waals surface area contributed by atoms with Gasteiger partial charge in [-0.2, -0.15) is 5.10 Å². The van der Waals surface area contributed by atoms with E-state index in [2.05, 4.69) is 6.92 Å². The Balaban J connectivity index is 1.92. The maximum Gasteiger partial charge on any atom is 0.0747 e. The van der Waals surface area contributed by atoms with Gasteiger partial charge in [-0.15, -0.1) is 0 Å². The van der Waals surface area contributed by atoms with Gasteiger partial charge in [-0.05, 0) is 54.4 Å². The van der Waals surface area contributed by atoms with Crippen molar-refractivity contribution in [2.24, 2.45) is 5.10 Å². The normalized spacial score (nSPS) is 12.3. The SMILES string of the molecule is CC(c1ccc(Cl)cc1)N(/N=C/c1ccc(Cl)cc1)c1ccccc1. The summed E-state index contributed by atoms with van der Waals surface area (Å²) in [7, 11) is 0. The third-order valence-corrected chi connectivity index (χ3v) is 4.45. The van der Waals surface area contributed by atoms with Crippen LogP contribution >= 0.6 is 23.2 Å². The second-order valence-corrected chi connectivity index (χ2v) is 6.58. The highest BCUT2D eigenvalue weighted by Gasteiger charge is 2.15. The highest BCUT2D eigenvalue weighted by molar-refractivity contribution is 6.30. The van der Waals surface area contributed by atoms with Crippen molar-refractivity contribution in [2.45, 2.75) is 13.0 Å². The lowest BCUT2D eigenvalue weighted by Gasteiger charge is -2.27. The molecule has 3 rings (SSSR count). The van der Waals surface area contributed by atoms with Gasteiger partial charge in [-0.3, -0.25) is 5.01 Å². The number of benzene rings is 3. The van der Waals surface area contributed by atoms with Crippen molar-refractivity contribution >= 4 is 35.1 Å². The number of hydrogen-bond acceptors (Lipinski definition) is 2. The number of anilines is 1. The summed E-state index contributed by atoms with van der Waals surface area (Å²) in [4.78, 5) is 0. The lowest BCUT2D eigenvalue weighted by atomic mass is 10.1. The van der Waals surface area contributed by atoms with Crippen molar-refractivity contribution in [3.05, 3.63) is 100 Å². The van der Waals surface area contributed by atoms with Crippen LogP contribution in [0, 0.1) is 0 Å². The summed E-state index contributed by atoms with van der Waals surface area (Å²) in [5.74, 6) is 0. The number of rotatable bonds is 5. The summed E-state index contributed by atoms with van der Waals surface area (Å²) in [6, 6.07) is 25.6. The molecule has 0 saturated carbocycles. The molecule has 0 heterocycles. The first kappa shape index (κ1) is 17.5. The zero-order valence-electron chi connectivity index (χ0n) is 13.8. The van der Waals surface area contributed by atoms with E-state index in [9.17, 15) is 0 Å². The lowest BCUT2D eigenvalue weighted by Crippen LogP contribution is -2.21. The Labute approximate surface area is 158 Å². The maximum atomic E-state index is 6.01. The summed E-state index contributed by atoms with van der Waals surface area (Å²) < 4.78 is 0. The summed E-state index contributed by atoms with van der Waals surface area (Å²) in [5, 5.41) is 8.17. The molecule has 25 heavy (non-hydrogen) atoms. The van der Waals surface area contributed by atoms with Crippen LogP contribution < -0.4 is 5.01 Å². The van der Waals surface area contributed by atoms with Gasteiger partial charge in [-0.1, -0.05) is 65.7 Å². The molecule has 4 heteroatoms. The van der Waals surface area contributed by atoms with Crippen LogP contribution in [0.25, 0.3) is 0 Å². The maximum absolute atomic E-state index is 6.01. The minimum atomic E-state index is 0.0585. The van der Waals surface area contributed by atoms with E-state index < -0.39 is 0 Å². The van der Waals surface area contributed by atoms with Crippen molar-refractivity contribution in [2.75, 3.05) is 5.01 Å². The van der Waals surface area contributed by atoms with Crippen LogP contribution in [0.15, 0.2) is 84.0 Å². The molecule has 0 aliphatic carbocycles. The van der Waals surface area contributed by atoms with Crippen molar-refractivity contribution in [1.82, 2.24) is 0 Å². The molecule has 0 N–H and O–H groups in total. The van der Waals surface area contributed by atoms with Gasteiger partial charge in [0.25, 0.3) is 0 Å². The number of hydrazone groups is 1. The van der Waals surface area contributed by atoms with Crippen LogP contribution in [0.3, 0.4) is 0 Å². The fourth-order valence-corrected chi connectivity index (χ4v) is 2.78. The molecular weight excluding hydrogens is 351 g/mol. The molecule has 2 nitrogen and oxygen atoms in total. The molecule has 3 aromatic rings. The van der Waals surface area contributed by atoms with E-state index >= 15 is 0 Å². The molecule has 0 amide bonds. The van der Waals surface area contributed by atoms with E-state index in [-0.39, 0.29) is 6.04 Å². The van der Waals surface area contributed by atoms with Crippen molar-refractivity contribution in [3.63, 3.8) is 0 Å². The summed E-state index contributed by atoms with van der Waals surface area (Å²) >= 11 is 12.0. The molecule has 0 saturated heterocycles. The second-order valence-electron chi connectivity index (χ2n) is 5.70. The average molecular weight is 369 g/mol. The minimum absolute atomic E-state index is 0.0585. The van der Waals surface area contributed by atoms with E-state index in [0.29, 0.717) is 5.02 Å². The van der Waals surface area contributed by atoms with Crippen LogP contribution in [0.2, 0.25) is 10.0 Å². The Kier molecular flexibility index (Phi) is 5.75. The quantitative estimate of drug-likeness (QED) is 0.366. The van der Waals surface area contributed by atoms with E-state index in [0.717, 1.165) is 21.8 Å². The van der Waals surface area contributed by atoms with Gasteiger partial charge < -0.3 is 0 Å². The first-order valence-electron chi connectivity index (χ1n) is 8.03. The topological polar surface area (TPSA) is 15.6 Å². The monoisotopic (exact) mass is 368 g/mol. The van der Waals surface area contributed by atoms with Crippen LogP contribution in [-0.2, 0) is 0 Å². The second kappa shape index (κ2) is 8.19. The first-order chi connectivity index (χ1) is 12.1. The average Bonchev–Trinajstić information content (AvgIpc) is 2.65. The van der Waals surface area contributed by atoms with Crippen LogP contribution in [0.5, 0.6) is 0 Å².